The molecule has 0 atom stereocenters. The first-order valence-corrected chi connectivity index (χ1v) is 6.91. The zero-order valence-electron chi connectivity index (χ0n) is 11.4. The van der Waals surface area contributed by atoms with Gasteiger partial charge in [-0.15, -0.1) is 0 Å². The molecular formula is C17H17F2N. The number of hydrogen-bond acceptors (Lipinski definition) is 1. The summed E-state index contributed by atoms with van der Waals surface area (Å²) in [5.41, 5.74) is 3.69. The Hall–Kier alpha value is -1.74. The highest BCUT2D eigenvalue weighted by Crippen LogP contribution is 2.26. The molecule has 0 aliphatic heterocycles. The highest BCUT2D eigenvalue weighted by molar-refractivity contribution is 5.67. The molecule has 0 spiro atoms. The van der Waals surface area contributed by atoms with Crippen molar-refractivity contribution in [2.24, 2.45) is 0 Å². The number of rotatable bonds is 4. The number of halogens is 2. The van der Waals surface area contributed by atoms with Crippen LogP contribution in [0.4, 0.5) is 8.78 Å². The van der Waals surface area contributed by atoms with Crippen molar-refractivity contribution in [3.63, 3.8) is 0 Å². The summed E-state index contributed by atoms with van der Waals surface area (Å²) < 4.78 is 26.6. The Morgan fingerprint density at radius 1 is 1.05 bits per heavy atom. The van der Waals surface area contributed by atoms with Gasteiger partial charge in [-0.1, -0.05) is 18.2 Å². The molecule has 1 aliphatic carbocycles. The molecule has 2 aromatic rings. The lowest BCUT2D eigenvalue weighted by Crippen LogP contribution is -2.15. The Balaban J connectivity index is 1.85. The van der Waals surface area contributed by atoms with Gasteiger partial charge in [0.25, 0.3) is 0 Å². The average molecular weight is 273 g/mol. The molecule has 1 N–H and O–H groups in total. The average Bonchev–Trinajstić information content (AvgIpc) is 3.19. The van der Waals surface area contributed by atoms with E-state index in [2.05, 4.69) is 11.4 Å². The SMILES string of the molecule is Cc1cc(CNC2CC2)ccc1-c1cc(F)cc(F)c1. The highest BCUT2D eigenvalue weighted by atomic mass is 19.1. The number of hydrogen-bond donors (Lipinski definition) is 1. The van der Waals surface area contributed by atoms with Gasteiger partial charge in [-0.05, 0) is 54.2 Å². The summed E-state index contributed by atoms with van der Waals surface area (Å²) in [6.07, 6.45) is 2.53. The van der Waals surface area contributed by atoms with Crippen LogP contribution in [0.5, 0.6) is 0 Å². The Bertz CT molecular complexity index is 613. The third-order valence-corrected chi connectivity index (χ3v) is 3.64. The van der Waals surface area contributed by atoms with E-state index >= 15 is 0 Å². The lowest BCUT2D eigenvalue weighted by molar-refractivity contribution is 0.584. The third-order valence-electron chi connectivity index (χ3n) is 3.64. The van der Waals surface area contributed by atoms with E-state index in [4.69, 9.17) is 0 Å². The molecule has 1 saturated carbocycles. The van der Waals surface area contributed by atoms with Crippen molar-refractivity contribution in [1.29, 1.82) is 0 Å². The third kappa shape index (κ3) is 3.05. The fourth-order valence-corrected chi connectivity index (χ4v) is 2.42. The van der Waals surface area contributed by atoms with Gasteiger partial charge >= 0.3 is 0 Å². The lowest BCUT2D eigenvalue weighted by Gasteiger charge is -2.10. The summed E-state index contributed by atoms with van der Waals surface area (Å²) in [5.74, 6) is -1.09. The van der Waals surface area contributed by atoms with Gasteiger partial charge in [-0.25, -0.2) is 8.78 Å². The fraction of sp³-hybridized carbons (Fsp3) is 0.294. The van der Waals surface area contributed by atoms with Crippen molar-refractivity contribution in [2.45, 2.75) is 32.4 Å². The molecule has 2 aromatic carbocycles. The zero-order valence-corrected chi connectivity index (χ0v) is 11.4. The first-order chi connectivity index (χ1) is 9.61. The molecule has 0 saturated heterocycles. The molecule has 1 fully saturated rings. The van der Waals surface area contributed by atoms with Crippen LogP contribution in [0.3, 0.4) is 0 Å². The van der Waals surface area contributed by atoms with Crippen molar-refractivity contribution in [3.05, 3.63) is 59.2 Å². The quantitative estimate of drug-likeness (QED) is 0.880. The Morgan fingerprint density at radius 2 is 1.75 bits per heavy atom. The number of nitrogens with one attached hydrogen (secondary N) is 1. The summed E-state index contributed by atoms with van der Waals surface area (Å²) in [4.78, 5) is 0. The predicted octanol–water partition coefficient (Wildman–Crippen LogP) is 4.19. The van der Waals surface area contributed by atoms with E-state index in [-0.39, 0.29) is 0 Å². The standard InChI is InChI=1S/C17H17F2N/c1-11-6-12(10-20-16-3-4-16)2-5-17(11)13-7-14(18)9-15(19)8-13/h2,5-9,16,20H,3-4,10H2,1H3. The fourth-order valence-electron chi connectivity index (χ4n) is 2.42. The topological polar surface area (TPSA) is 12.0 Å². The molecule has 1 nitrogen and oxygen atoms in total. The van der Waals surface area contributed by atoms with Crippen LogP contribution in [0.25, 0.3) is 11.1 Å². The van der Waals surface area contributed by atoms with E-state index < -0.39 is 11.6 Å². The number of benzene rings is 2. The van der Waals surface area contributed by atoms with Crippen LogP contribution in [-0.4, -0.2) is 6.04 Å². The molecule has 0 unspecified atom stereocenters. The second-order valence-corrected chi connectivity index (χ2v) is 5.46. The van der Waals surface area contributed by atoms with Crippen LogP contribution in [-0.2, 0) is 6.54 Å². The van der Waals surface area contributed by atoms with Gasteiger partial charge in [-0.3, -0.25) is 0 Å². The summed E-state index contributed by atoms with van der Waals surface area (Å²) in [5, 5.41) is 3.46. The minimum atomic E-state index is -0.543. The Labute approximate surface area is 117 Å². The lowest BCUT2D eigenvalue weighted by atomic mass is 9.98. The molecule has 3 heteroatoms. The van der Waals surface area contributed by atoms with Crippen LogP contribution in [0.1, 0.15) is 24.0 Å². The Morgan fingerprint density at radius 3 is 2.35 bits per heavy atom. The van der Waals surface area contributed by atoms with Crippen molar-refractivity contribution >= 4 is 0 Å². The molecule has 0 amide bonds. The van der Waals surface area contributed by atoms with Crippen LogP contribution < -0.4 is 5.32 Å². The highest BCUT2D eigenvalue weighted by Gasteiger charge is 2.19. The van der Waals surface area contributed by atoms with Crippen LogP contribution >= 0.6 is 0 Å². The monoisotopic (exact) mass is 273 g/mol. The molecule has 3 rings (SSSR count). The summed E-state index contributed by atoms with van der Waals surface area (Å²) in [7, 11) is 0. The van der Waals surface area contributed by atoms with Crippen molar-refractivity contribution in [2.75, 3.05) is 0 Å². The first-order valence-electron chi connectivity index (χ1n) is 6.91. The van der Waals surface area contributed by atoms with Crippen LogP contribution in [0, 0.1) is 18.6 Å². The molecule has 0 heterocycles. The summed E-state index contributed by atoms with van der Waals surface area (Å²) in [6, 6.07) is 10.3. The molecule has 20 heavy (non-hydrogen) atoms. The molecule has 0 aromatic heterocycles. The van der Waals surface area contributed by atoms with E-state index in [1.165, 1.54) is 30.5 Å². The van der Waals surface area contributed by atoms with Gasteiger partial charge < -0.3 is 5.32 Å². The maximum absolute atomic E-state index is 13.3. The van der Waals surface area contributed by atoms with Gasteiger partial charge in [0.15, 0.2) is 0 Å². The van der Waals surface area contributed by atoms with Crippen LogP contribution in [0.2, 0.25) is 0 Å². The Kier molecular flexibility index (Phi) is 3.53. The van der Waals surface area contributed by atoms with Crippen molar-refractivity contribution < 1.29 is 8.78 Å². The zero-order chi connectivity index (χ0) is 14.1. The van der Waals surface area contributed by atoms with Crippen LogP contribution in [0.15, 0.2) is 36.4 Å². The summed E-state index contributed by atoms with van der Waals surface area (Å²) in [6.45, 7) is 2.82. The van der Waals surface area contributed by atoms with E-state index in [1.54, 1.807) is 0 Å². The van der Waals surface area contributed by atoms with Gasteiger partial charge in [-0.2, -0.15) is 0 Å². The molecule has 1 aliphatic rings. The second kappa shape index (κ2) is 5.33. The second-order valence-electron chi connectivity index (χ2n) is 5.46. The maximum atomic E-state index is 13.3. The predicted molar refractivity (Wildman–Crippen MR) is 76.4 cm³/mol. The molecule has 0 radical (unpaired) electrons. The van der Waals surface area contributed by atoms with Gasteiger partial charge in [0.1, 0.15) is 11.6 Å². The number of aryl methyl sites for hydroxylation is 1. The first kappa shape index (κ1) is 13.3. The van der Waals surface area contributed by atoms with Crippen molar-refractivity contribution in [1.82, 2.24) is 5.32 Å². The molecular weight excluding hydrogens is 256 g/mol. The maximum Gasteiger partial charge on any atom is 0.126 e. The largest absolute Gasteiger partial charge is 0.310 e. The normalized spacial score (nSPS) is 14.6. The van der Waals surface area contributed by atoms with Gasteiger partial charge in [0.2, 0.25) is 0 Å². The molecule has 104 valence electrons. The molecule has 0 bridgehead atoms. The minimum absolute atomic E-state index is 0.543. The van der Waals surface area contributed by atoms with E-state index in [0.29, 0.717) is 11.6 Å². The van der Waals surface area contributed by atoms with E-state index in [1.807, 2.05) is 19.1 Å². The minimum Gasteiger partial charge on any atom is -0.310 e. The van der Waals surface area contributed by atoms with Crippen molar-refractivity contribution in [3.8, 4) is 11.1 Å². The van der Waals surface area contributed by atoms with Gasteiger partial charge in [0.05, 0.1) is 0 Å². The van der Waals surface area contributed by atoms with Gasteiger partial charge in [0, 0.05) is 18.7 Å². The van der Waals surface area contributed by atoms with E-state index in [9.17, 15) is 8.78 Å². The van der Waals surface area contributed by atoms with E-state index in [0.717, 1.165) is 23.7 Å². The summed E-state index contributed by atoms with van der Waals surface area (Å²) >= 11 is 0. The smallest absolute Gasteiger partial charge is 0.126 e.